The molecule has 0 bridgehead atoms. The maximum atomic E-state index is 4.10. The van der Waals surface area contributed by atoms with Crippen LogP contribution in [0.4, 0.5) is 11.4 Å². The van der Waals surface area contributed by atoms with Crippen molar-refractivity contribution in [2.24, 2.45) is 0 Å². The minimum atomic E-state index is 0. The van der Waals surface area contributed by atoms with Gasteiger partial charge in [0, 0.05) is 26.2 Å². The van der Waals surface area contributed by atoms with Crippen molar-refractivity contribution in [2.75, 3.05) is 36.0 Å². The Morgan fingerprint density at radius 3 is 1.89 bits per heavy atom. The van der Waals surface area contributed by atoms with Crippen molar-refractivity contribution in [3.63, 3.8) is 0 Å². The van der Waals surface area contributed by atoms with Gasteiger partial charge in [0.1, 0.15) is 0 Å². The van der Waals surface area contributed by atoms with Gasteiger partial charge in [0.2, 0.25) is 0 Å². The van der Waals surface area contributed by atoms with Gasteiger partial charge in [0.15, 0.2) is 0 Å². The largest absolute Gasteiger partial charge is 1.00 e. The summed E-state index contributed by atoms with van der Waals surface area (Å²) in [7, 11) is 0.601. The molecule has 0 amide bonds. The van der Waals surface area contributed by atoms with E-state index >= 15 is 0 Å². The SMILES string of the molecule is [CH2-][Si]c1cccc(N(CC)CC)c1N(CC)CC.[Li+]. The zero-order chi connectivity index (χ0) is 13.5. The predicted octanol–water partition coefficient (Wildman–Crippen LogP) is -0.496. The van der Waals surface area contributed by atoms with E-state index in [1.165, 1.54) is 16.6 Å². The molecule has 0 saturated heterocycles. The van der Waals surface area contributed by atoms with Crippen molar-refractivity contribution < 1.29 is 18.9 Å². The van der Waals surface area contributed by atoms with Crippen LogP contribution in [-0.4, -0.2) is 35.7 Å². The third-order valence-corrected chi connectivity index (χ3v) is 4.17. The molecular weight excluding hydrogens is 243 g/mol. The molecule has 0 aliphatic heterocycles. The Kier molecular flexibility index (Phi) is 9.34. The minimum Gasteiger partial charge on any atom is -0.371 e. The molecule has 0 spiro atoms. The Morgan fingerprint density at radius 2 is 1.47 bits per heavy atom. The Hall–Kier alpha value is -0.366. The van der Waals surface area contributed by atoms with Gasteiger partial charge in [-0.3, -0.25) is 0 Å². The molecule has 1 rings (SSSR count). The molecule has 4 heteroatoms. The van der Waals surface area contributed by atoms with Gasteiger partial charge in [-0.05, 0) is 33.8 Å². The Balaban J connectivity index is 0.00000324. The van der Waals surface area contributed by atoms with Gasteiger partial charge >= 0.3 is 18.9 Å². The molecule has 1 aromatic rings. The van der Waals surface area contributed by atoms with Crippen molar-refractivity contribution in [1.82, 2.24) is 0 Å². The maximum Gasteiger partial charge on any atom is 1.00 e. The van der Waals surface area contributed by atoms with E-state index in [9.17, 15) is 0 Å². The van der Waals surface area contributed by atoms with Crippen LogP contribution >= 0.6 is 0 Å². The van der Waals surface area contributed by atoms with Crippen LogP contribution < -0.4 is 33.8 Å². The van der Waals surface area contributed by atoms with E-state index in [-0.39, 0.29) is 18.9 Å². The summed E-state index contributed by atoms with van der Waals surface area (Å²) in [6, 6.07) is 6.62. The smallest absolute Gasteiger partial charge is 0.371 e. The topological polar surface area (TPSA) is 6.48 Å². The fourth-order valence-electron chi connectivity index (χ4n) is 2.37. The van der Waals surface area contributed by atoms with Crippen molar-refractivity contribution in [1.29, 1.82) is 0 Å². The third-order valence-electron chi connectivity index (χ3n) is 3.39. The number of nitrogens with zero attached hydrogens (tertiary/aromatic N) is 2. The Labute approximate surface area is 133 Å². The fraction of sp³-hybridized carbons (Fsp3) is 0.533. The zero-order valence-corrected chi connectivity index (χ0v) is 14.2. The summed E-state index contributed by atoms with van der Waals surface area (Å²) in [5.74, 6) is 0. The molecule has 0 saturated carbocycles. The summed E-state index contributed by atoms with van der Waals surface area (Å²) >= 11 is 0. The first kappa shape index (κ1) is 18.6. The van der Waals surface area contributed by atoms with Gasteiger partial charge in [0.25, 0.3) is 0 Å². The van der Waals surface area contributed by atoms with E-state index in [1.807, 2.05) is 0 Å². The van der Waals surface area contributed by atoms with Gasteiger partial charge in [0.05, 0.1) is 11.4 Å². The van der Waals surface area contributed by atoms with Gasteiger partial charge in [-0.25, -0.2) is 0 Å². The number of hydrogen-bond acceptors (Lipinski definition) is 2. The maximum absolute atomic E-state index is 4.10. The first-order valence-electron chi connectivity index (χ1n) is 6.89. The fourth-order valence-corrected chi connectivity index (χ4v) is 3.03. The van der Waals surface area contributed by atoms with Gasteiger partial charge in [-0.15, -0.1) is 9.52 Å². The van der Waals surface area contributed by atoms with Gasteiger partial charge < -0.3 is 16.3 Å². The average Bonchev–Trinajstić information content (AvgIpc) is 2.42. The molecule has 100 valence electrons. The van der Waals surface area contributed by atoms with Gasteiger partial charge in [-0.2, -0.15) is 0 Å². The van der Waals surface area contributed by atoms with E-state index in [4.69, 9.17) is 0 Å². The predicted molar refractivity (Wildman–Crippen MR) is 84.3 cm³/mol. The van der Waals surface area contributed by atoms with Crippen molar-refractivity contribution in [3.8, 4) is 0 Å². The minimum absolute atomic E-state index is 0. The second-order valence-electron chi connectivity index (χ2n) is 4.19. The molecule has 0 unspecified atom stereocenters. The summed E-state index contributed by atoms with van der Waals surface area (Å²) < 4.78 is 0. The number of hydrogen-bond donors (Lipinski definition) is 0. The van der Waals surface area contributed by atoms with E-state index in [2.05, 4.69) is 62.2 Å². The molecule has 1 aromatic carbocycles. The molecular formula is C15H25LiN2Si. The van der Waals surface area contributed by atoms with Crippen LogP contribution in [-0.2, 0) is 0 Å². The first-order valence-corrected chi connectivity index (χ1v) is 8.10. The number of benzene rings is 1. The van der Waals surface area contributed by atoms with Crippen LogP contribution in [0.1, 0.15) is 27.7 Å². The average molecular weight is 268 g/mol. The van der Waals surface area contributed by atoms with Crippen molar-refractivity contribution >= 4 is 26.1 Å². The molecule has 0 aliphatic rings. The normalized spacial score (nSPS) is 9.95. The van der Waals surface area contributed by atoms with Crippen LogP contribution in [0, 0.1) is 6.55 Å². The molecule has 2 nitrogen and oxygen atoms in total. The quantitative estimate of drug-likeness (QED) is 0.486. The van der Waals surface area contributed by atoms with Crippen molar-refractivity contribution in [2.45, 2.75) is 27.7 Å². The first-order chi connectivity index (χ1) is 8.73. The monoisotopic (exact) mass is 268 g/mol. The molecule has 0 heterocycles. The standard InChI is InChI=1S/C15H25N2Si.Li/c1-6-16(7-2)13-11-10-12-14(18-5)15(13)17(8-3)9-4;/h10-12H,5-9H2,1-4H3;/q-1;+1. The summed E-state index contributed by atoms with van der Waals surface area (Å²) in [4.78, 5) is 4.87. The van der Waals surface area contributed by atoms with Crippen LogP contribution in [0.5, 0.6) is 0 Å². The molecule has 2 radical (unpaired) electrons. The second-order valence-corrected chi connectivity index (χ2v) is 5.09. The number of anilines is 2. The summed E-state index contributed by atoms with van der Waals surface area (Å²) in [5, 5.41) is 1.38. The van der Waals surface area contributed by atoms with Crippen LogP contribution in [0.3, 0.4) is 0 Å². The summed E-state index contributed by atoms with van der Waals surface area (Å²) in [6.07, 6.45) is 0. The van der Waals surface area contributed by atoms with Gasteiger partial charge in [-0.1, -0.05) is 17.3 Å². The van der Waals surface area contributed by atoms with Crippen LogP contribution in [0.25, 0.3) is 0 Å². The second kappa shape index (κ2) is 9.52. The Bertz CT molecular complexity index is 363. The van der Waals surface area contributed by atoms with Crippen LogP contribution in [0.15, 0.2) is 18.2 Å². The molecule has 0 fully saturated rings. The van der Waals surface area contributed by atoms with Crippen molar-refractivity contribution in [3.05, 3.63) is 24.7 Å². The molecule has 0 aromatic heterocycles. The summed E-state index contributed by atoms with van der Waals surface area (Å²) in [5.41, 5.74) is 2.75. The molecule has 0 atom stereocenters. The molecule has 19 heavy (non-hydrogen) atoms. The zero-order valence-electron chi connectivity index (χ0n) is 13.2. The Morgan fingerprint density at radius 1 is 0.947 bits per heavy atom. The summed E-state index contributed by atoms with van der Waals surface area (Å²) in [6.45, 7) is 17.2. The van der Waals surface area contributed by atoms with E-state index < -0.39 is 0 Å². The van der Waals surface area contributed by atoms with E-state index in [0.717, 1.165) is 26.2 Å². The number of rotatable bonds is 7. The molecule has 0 aliphatic carbocycles. The third kappa shape index (κ3) is 4.31. The van der Waals surface area contributed by atoms with Crippen LogP contribution in [0.2, 0.25) is 0 Å². The van der Waals surface area contributed by atoms with E-state index in [1.54, 1.807) is 0 Å². The molecule has 0 N–H and O–H groups in total. The number of para-hydroxylation sites is 1. The van der Waals surface area contributed by atoms with E-state index in [0.29, 0.717) is 9.52 Å².